The highest BCUT2D eigenvalue weighted by molar-refractivity contribution is 6.42. The fraction of sp³-hybridized carbons (Fsp3) is 0.411. The summed E-state index contributed by atoms with van der Waals surface area (Å²) in [5, 5.41) is 14.4. The summed E-state index contributed by atoms with van der Waals surface area (Å²) < 4.78 is 21.5. The van der Waals surface area contributed by atoms with E-state index in [2.05, 4.69) is 186 Å². The summed E-state index contributed by atoms with van der Waals surface area (Å²) in [6.45, 7) is 25.6. The quantitative estimate of drug-likeness (QED) is 0.0391. The molecule has 131 heavy (non-hydrogen) atoms. The van der Waals surface area contributed by atoms with Crippen LogP contribution in [0.1, 0.15) is 179 Å². The number of aromatic nitrogens is 16. The Labute approximate surface area is 777 Å². The SMILES string of the molecule is CC(C)[C@H]1CN(C)C(=O)N1c1ccnc(NC2(c3cn(-c4cccc(C5CC5)c4)cn3)CC2)n1.CC(C)[C@H]1CN(C)C(=O)N1c1ccnc(N[C@@H](C)c2cn(-c3ccc(C4CC4)cc3)cn2)n1.CC(C)[C@H]1CN(C)C(=O)N1c1ccnc(N[C@@H](C)c2cn(-c3ccc(Cl)c(Cl)c3)cn2)n1.CC(C)[C@H]1CN(C)C(=O)N1c1ccnc(N[C@@H](C)c2cn(-c3ccc(Cl)c(F)c3)cn2)n1. The summed E-state index contributed by atoms with van der Waals surface area (Å²) >= 11 is 17.9. The number of likely N-dealkylation sites (N-methyl/N-ethyl adjacent to an activating group) is 4. The number of hydrogen-bond acceptors (Lipinski definition) is 20. The van der Waals surface area contributed by atoms with Crippen molar-refractivity contribution in [2.45, 2.75) is 174 Å². The third kappa shape index (κ3) is 20.5. The molecule has 4 N–H and O–H groups in total. The van der Waals surface area contributed by atoms with E-state index in [0.717, 1.165) is 64.5 Å². The summed E-state index contributed by atoms with van der Waals surface area (Å²) in [5.41, 5.74) is 9.73. The fourth-order valence-corrected chi connectivity index (χ4v) is 17.2. The molecule has 3 aliphatic carbocycles. The first-order valence-corrected chi connectivity index (χ1v) is 45.8. The zero-order valence-electron chi connectivity index (χ0n) is 76.3. The predicted octanol–water partition coefficient (Wildman–Crippen LogP) is 18.7. The molecular weight excluding hydrogens is 1720 g/mol. The lowest BCUT2D eigenvalue weighted by Crippen LogP contribution is -2.38. The standard InChI is InChI=1S/C26H31N7O.C25H31N7O.C22H25Cl2N7O.C22H25ClFN7O/c1-17(2)21-14-31(3)25(34)33(21)23-9-12-27-24(29-23)30-26(10-11-26)22-15-32(16-28-22)20-6-4-5-19(13-20)18-7-8-18;1-16(2)22-14-30(4)25(33)32(22)23-11-12-26-24(29-23)28-17(3)21-13-31(15-27-21)20-9-7-19(8-10-20)18-5-6-18;2*1-13(2)19-11-29(4)22(32)31(19)20-7-8-25-21(28-20)27-14(3)18-10-30(12-26-18)15-5-6-16(23)17(24)9-15/h4-6,9,12-13,15-18,21H,7-8,10-11,14H2,1-3H3,(H,27,29,30);7-13,15-18,22H,5-6,14H2,1-4H3,(H,26,28,29);2*5-10,12-14,19H,11H2,1-4H3,(H,25,27,28)/t21-;17-,22+;2*14-,19+/m1000/s1. The number of rotatable bonds is 26. The van der Waals surface area contributed by atoms with Crippen LogP contribution in [0.4, 0.5) is 70.6 Å². The Morgan fingerprint density at radius 1 is 0.366 bits per heavy atom. The molecule has 8 amide bonds. The zero-order chi connectivity index (χ0) is 92.5. The Morgan fingerprint density at radius 3 is 1.09 bits per heavy atom. The fourth-order valence-electron chi connectivity index (χ4n) is 16.8. The highest BCUT2D eigenvalue weighted by atomic mass is 35.5. The molecule has 0 spiro atoms. The van der Waals surface area contributed by atoms with Gasteiger partial charge in [-0.1, -0.05) is 114 Å². The average molecular weight is 1840 g/mol. The van der Waals surface area contributed by atoms with Gasteiger partial charge in [-0.25, -0.2) is 63.4 Å². The van der Waals surface area contributed by atoms with Crippen LogP contribution in [0.15, 0.2) is 184 Å². The third-order valence-electron chi connectivity index (χ3n) is 25.1. The Morgan fingerprint density at radius 2 is 0.710 bits per heavy atom. The number of benzene rings is 4. The molecule has 12 heterocycles. The monoisotopic (exact) mass is 1830 g/mol. The molecule has 4 saturated heterocycles. The minimum absolute atomic E-state index is 0.0170. The van der Waals surface area contributed by atoms with Gasteiger partial charge in [0, 0.05) is 127 Å². The van der Waals surface area contributed by atoms with Crippen molar-refractivity contribution in [3.63, 3.8) is 0 Å². The minimum atomic E-state index is -0.488. The van der Waals surface area contributed by atoms with Gasteiger partial charge < -0.3 is 59.1 Å². The summed E-state index contributed by atoms with van der Waals surface area (Å²) in [7, 11) is 7.28. The topological polar surface area (TPSA) is 317 Å². The second-order valence-corrected chi connectivity index (χ2v) is 37.6. The third-order valence-corrected chi connectivity index (χ3v) is 26.2. The molecule has 7 aliphatic rings. The maximum Gasteiger partial charge on any atom is 0.325 e. The molecule has 0 bridgehead atoms. The van der Waals surface area contributed by atoms with Gasteiger partial charge in [-0.05, 0) is 191 Å². The van der Waals surface area contributed by atoms with Crippen molar-refractivity contribution < 1.29 is 23.6 Å². The molecule has 7 fully saturated rings. The van der Waals surface area contributed by atoms with Gasteiger partial charge in [0.2, 0.25) is 23.8 Å². The number of nitrogens with one attached hydrogen (secondary N) is 4. The summed E-state index contributed by atoms with van der Waals surface area (Å²) in [4.78, 5) is 119. The first-order chi connectivity index (χ1) is 62.8. The van der Waals surface area contributed by atoms with Gasteiger partial charge in [0.25, 0.3) is 0 Å². The van der Waals surface area contributed by atoms with Gasteiger partial charge >= 0.3 is 24.1 Å². The van der Waals surface area contributed by atoms with Gasteiger partial charge in [0.05, 0.1) is 111 Å². The molecule has 32 nitrogen and oxygen atoms in total. The number of halogens is 4. The minimum Gasteiger partial charge on any atom is -0.346 e. The summed E-state index contributed by atoms with van der Waals surface area (Å²) in [6, 6.07) is 34.3. The van der Waals surface area contributed by atoms with Crippen LogP contribution in [-0.4, -0.2) is 200 Å². The van der Waals surface area contributed by atoms with Crippen molar-refractivity contribution in [1.29, 1.82) is 0 Å². The molecular formula is C95H112Cl3FN28O4. The van der Waals surface area contributed by atoms with E-state index in [4.69, 9.17) is 44.8 Å². The summed E-state index contributed by atoms with van der Waals surface area (Å²) in [6.07, 6.45) is 28.8. The van der Waals surface area contributed by atoms with Gasteiger partial charge in [-0.15, -0.1) is 0 Å². The van der Waals surface area contributed by atoms with Gasteiger partial charge in [-0.2, -0.15) is 19.9 Å². The van der Waals surface area contributed by atoms with Crippen molar-refractivity contribution in [2.24, 2.45) is 23.7 Å². The number of anilines is 8. The normalized spacial score (nSPS) is 18.9. The molecule has 7 atom stereocenters. The van der Waals surface area contributed by atoms with Crippen LogP contribution in [0.5, 0.6) is 0 Å². The van der Waals surface area contributed by atoms with Gasteiger partial charge in [-0.3, -0.25) is 19.6 Å². The van der Waals surface area contributed by atoms with Gasteiger partial charge in [0.15, 0.2) is 0 Å². The summed E-state index contributed by atoms with van der Waals surface area (Å²) in [5.74, 6) is 6.49. The van der Waals surface area contributed by atoms with E-state index in [1.165, 1.54) is 48.9 Å². The van der Waals surface area contributed by atoms with Crippen molar-refractivity contribution in [2.75, 3.05) is 95.2 Å². The van der Waals surface area contributed by atoms with Crippen molar-refractivity contribution in [1.82, 2.24) is 97.7 Å². The van der Waals surface area contributed by atoms with E-state index in [1.54, 1.807) is 131 Å². The van der Waals surface area contributed by atoms with Crippen molar-refractivity contribution >= 4 is 106 Å². The highest BCUT2D eigenvalue weighted by Gasteiger charge is 2.48. The van der Waals surface area contributed by atoms with Crippen molar-refractivity contribution in [3.05, 3.63) is 239 Å². The Bertz CT molecular complexity index is 5910. The largest absolute Gasteiger partial charge is 0.346 e. The second kappa shape index (κ2) is 38.7. The van der Waals surface area contributed by atoms with E-state index >= 15 is 0 Å². The van der Waals surface area contributed by atoms with Crippen LogP contribution in [0.2, 0.25) is 15.1 Å². The molecule has 8 aromatic heterocycles. The smallest absolute Gasteiger partial charge is 0.325 e. The molecule has 36 heteroatoms. The van der Waals surface area contributed by atoms with Crippen LogP contribution in [0.25, 0.3) is 22.7 Å². The lowest BCUT2D eigenvalue weighted by molar-refractivity contribution is 0.228. The Kier molecular flexibility index (Phi) is 27.0. The van der Waals surface area contributed by atoms with Crippen LogP contribution < -0.4 is 40.9 Å². The maximum absolute atomic E-state index is 13.8. The zero-order valence-corrected chi connectivity index (χ0v) is 78.5. The molecule has 0 unspecified atom stereocenters. The van der Waals surface area contributed by atoms with Crippen LogP contribution in [0, 0.1) is 29.5 Å². The van der Waals surface area contributed by atoms with E-state index in [1.807, 2.05) is 88.2 Å². The molecule has 12 aromatic rings. The number of carbonyl (C=O) groups excluding carboxylic acids is 4. The molecule has 19 rings (SSSR count). The molecule has 684 valence electrons. The van der Waals surface area contributed by atoms with Gasteiger partial charge in [0.1, 0.15) is 29.1 Å². The molecule has 4 aliphatic heterocycles. The average Bonchev–Trinajstić information content (AvgIpc) is 1.59. The molecule has 3 saturated carbocycles. The van der Waals surface area contributed by atoms with E-state index in [0.29, 0.717) is 107 Å². The Balaban J connectivity index is 0.000000128. The first kappa shape index (κ1) is 91.4. The number of nitrogens with zero attached hydrogens (tertiary/aromatic N) is 24. The lowest BCUT2D eigenvalue weighted by Gasteiger charge is -2.25. The predicted molar refractivity (Wildman–Crippen MR) is 508 cm³/mol. The van der Waals surface area contributed by atoms with Crippen LogP contribution >= 0.6 is 34.8 Å². The van der Waals surface area contributed by atoms with E-state index in [9.17, 15) is 23.6 Å². The van der Waals surface area contributed by atoms with E-state index in [-0.39, 0.29) is 82.9 Å². The van der Waals surface area contributed by atoms with Crippen LogP contribution in [0.3, 0.4) is 0 Å². The number of hydrogen-bond donors (Lipinski definition) is 4. The number of amides is 8. The number of imidazole rings is 4. The second-order valence-electron chi connectivity index (χ2n) is 36.4. The van der Waals surface area contributed by atoms with Crippen LogP contribution in [-0.2, 0) is 5.54 Å². The molecule has 0 radical (unpaired) electrons. The number of carbonyl (C=O) groups is 4. The van der Waals surface area contributed by atoms with E-state index < -0.39 is 5.82 Å². The Hall–Kier alpha value is -12.9. The number of urea groups is 4. The first-order valence-electron chi connectivity index (χ1n) is 44.7. The maximum atomic E-state index is 13.8. The van der Waals surface area contributed by atoms with Crippen molar-refractivity contribution in [3.8, 4) is 22.7 Å². The molecule has 4 aromatic carbocycles. The highest BCUT2D eigenvalue weighted by Crippen LogP contribution is 2.48. The lowest BCUT2D eigenvalue weighted by atomic mass is 10.0.